The Morgan fingerprint density at radius 2 is 1.78 bits per heavy atom. The molecule has 0 saturated carbocycles. The zero-order chi connectivity index (χ0) is 13.1. The summed E-state index contributed by atoms with van der Waals surface area (Å²) in [6, 6.07) is 13.6. The van der Waals surface area contributed by atoms with Crippen LogP contribution in [0.4, 0.5) is 5.69 Å². The summed E-state index contributed by atoms with van der Waals surface area (Å²) in [6.07, 6.45) is 0. The van der Waals surface area contributed by atoms with Crippen molar-refractivity contribution in [2.24, 2.45) is 0 Å². The summed E-state index contributed by atoms with van der Waals surface area (Å²) in [6.45, 7) is 3.99. The van der Waals surface area contributed by atoms with Crippen molar-refractivity contribution in [3.05, 3.63) is 59.2 Å². The minimum Gasteiger partial charge on any atom is -0.399 e. The molecule has 18 heavy (non-hydrogen) atoms. The molecule has 2 nitrogen and oxygen atoms in total. The molecule has 3 heteroatoms. The number of hydrogen-bond acceptors (Lipinski definition) is 2. The molecule has 2 rings (SSSR count). The third-order valence-electron chi connectivity index (χ3n) is 2.99. The van der Waals surface area contributed by atoms with E-state index in [4.69, 9.17) is 5.73 Å². The van der Waals surface area contributed by atoms with Crippen LogP contribution in [0.5, 0.6) is 0 Å². The van der Waals surface area contributed by atoms with Crippen LogP contribution in [0.1, 0.15) is 16.7 Å². The predicted octanol–water partition coefficient (Wildman–Crippen LogP) is 3.19. The molecule has 0 spiro atoms. The van der Waals surface area contributed by atoms with Crippen LogP contribution in [0.3, 0.4) is 0 Å². The Bertz CT molecular complexity index is 593. The maximum atomic E-state index is 12.4. The molecular formula is C15H17NOS. The lowest BCUT2D eigenvalue weighted by molar-refractivity contribution is 0.682. The smallest absolute Gasteiger partial charge is 0.0576 e. The van der Waals surface area contributed by atoms with E-state index in [1.54, 1.807) is 6.07 Å². The molecule has 0 aliphatic rings. The predicted molar refractivity (Wildman–Crippen MR) is 76.9 cm³/mol. The summed E-state index contributed by atoms with van der Waals surface area (Å²) in [5.41, 5.74) is 9.72. The van der Waals surface area contributed by atoms with Gasteiger partial charge in [0.05, 0.1) is 16.6 Å². The van der Waals surface area contributed by atoms with E-state index < -0.39 is 10.8 Å². The van der Waals surface area contributed by atoms with Gasteiger partial charge in [-0.3, -0.25) is 4.21 Å². The van der Waals surface area contributed by atoms with Gasteiger partial charge >= 0.3 is 0 Å². The van der Waals surface area contributed by atoms with E-state index >= 15 is 0 Å². The molecular weight excluding hydrogens is 242 g/mol. The monoisotopic (exact) mass is 259 g/mol. The van der Waals surface area contributed by atoms with Gasteiger partial charge in [-0.2, -0.15) is 0 Å². The second-order valence-electron chi connectivity index (χ2n) is 4.44. The second kappa shape index (κ2) is 5.36. The van der Waals surface area contributed by atoms with Crippen molar-refractivity contribution in [2.75, 3.05) is 5.73 Å². The fourth-order valence-corrected chi connectivity index (χ4v) is 3.32. The first-order valence-corrected chi connectivity index (χ1v) is 7.19. The van der Waals surface area contributed by atoms with E-state index in [9.17, 15) is 4.21 Å². The molecule has 2 aromatic carbocycles. The molecule has 94 valence electrons. The highest BCUT2D eigenvalue weighted by atomic mass is 32.2. The summed E-state index contributed by atoms with van der Waals surface area (Å²) in [4.78, 5) is 0.868. The summed E-state index contributed by atoms with van der Waals surface area (Å²) < 4.78 is 12.4. The van der Waals surface area contributed by atoms with Gasteiger partial charge in [-0.05, 0) is 48.7 Å². The number of benzene rings is 2. The molecule has 0 amide bonds. The lowest BCUT2D eigenvalue weighted by Crippen LogP contribution is -2.01. The van der Waals surface area contributed by atoms with Crippen LogP contribution in [0.15, 0.2) is 47.4 Å². The molecule has 0 aliphatic heterocycles. The maximum Gasteiger partial charge on any atom is 0.0576 e. The molecule has 0 heterocycles. The molecule has 0 aromatic heterocycles. The number of hydrogen-bond donors (Lipinski definition) is 1. The van der Waals surface area contributed by atoms with E-state index in [0.29, 0.717) is 11.4 Å². The van der Waals surface area contributed by atoms with Crippen molar-refractivity contribution in [1.82, 2.24) is 0 Å². The Kier molecular flexibility index (Phi) is 3.82. The van der Waals surface area contributed by atoms with Gasteiger partial charge < -0.3 is 5.73 Å². The van der Waals surface area contributed by atoms with Crippen LogP contribution in [-0.4, -0.2) is 4.21 Å². The minimum absolute atomic E-state index is 0.553. The van der Waals surface area contributed by atoms with Crippen molar-refractivity contribution < 1.29 is 4.21 Å². The lowest BCUT2D eigenvalue weighted by Gasteiger charge is -2.08. The van der Waals surface area contributed by atoms with Gasteiger partial charge in [-0.15, -0.1) is 0 Å². The topological polar surface area (TPSA) is 43.1 Å². The van der Waals surface area contributed by atoms with Gasteiger partial charge in [-0.1, -0.05) is 24.3 Å². The lowest BCUT2D eigenvalue weighted by atomic mass is 10.1. The Balaban J connectivity index is 2.25. The highest BCUT2D eigenvalue weighted by Crippen LogP contribution is 2.20. The highest BCUT2D eigenvalue weighted by molar-refractivity contribution is 7.84. The summed E-state index contributed by atoms with van der Waals surface area (Å²) in [5, 5.41) is 0. The van der Waals surface area contributed by atoms with Gasteiger partial charge in [0.1, 0.15) is 0 Å². The first-order chi connectivity index (χ1) is 8.58. The Morgan fingerprint density at radius 3 is 2.44 bits per heavy atom. The molecule has 0 radical (unpaired) electrons. The molecule has 1 unspecified atom stereocenters. The zero-order valence-electron chi connectivity index (χ0n) is 10.6. The fourth-order valence-electron chi connectivity index (χ4n) is 1.92. The maximum absolute atomic E-state index is 12.4. The van der Waals surface area contributed by atoms with E-state index in [1.165, 1.54) is 5.56 Å². The quantitative estimate of drug-likeness (QED) is 0.860. The molecule has 2 N–H and O–H groups in total. The fraction of sp³-hybridized carbons (Fsp3) is 0.200. The number of aryl methyl sites for hydroxylation is 2. The summed E-state index contributed by atoms with van der Waals surface area (Å²) >= 11 is 0. The van der Waals surface area contributed by atoms with Crippen LogP contribution in [0.25, 0.3) is 0 Å². The van der Waals surface area contributed by atoms with Gasteiger partial charge in [0, 0.05) is 10.6 Å². The molecule has 2 aromatic rings. The SMILES string of the molecule is Cc1ccccc1CS(=O)c1ccc(N)cc1C. The van der Waals surface area contributed by atoms with Crippen molar-refractivity contribution in [1.29, 1.82) is 0 Å². The third kappa shape index (κ3) is 2.79. The molecule has 1 atom stereocenters. The van der Waals surface area contributed by atoms with Crippen LogP contribution in [-0.2, 0) is 16.6 Å². The summed E-state index contributed by atoms with van der Waals surface area (Å²) in [5.74, 6) is 0.553. The number of nitrogen functional groups attached to an aromatic ring is 1. The Hall–Kier alpha value is -1.61. The Morgan fingerprint density at radius 1 is 1.06 bits per heavy atom. The van der Waals surface area contributed by atoms with Gasteiger partial charge in [-0.25, -0.2) is 0 Å². The van der Waals surface area contributed by atoms with Crippen LogP contribution in [0.2, 0.25) is 0 Å². The number of anilines is 1. The summed E-state index contributed by atoms with van der Waals surface area (Å²) in [7, 11) is -1.02. The molecule has 0 fully saturated rings. The van der Waals surface area contributed by atoms with Crippen molar-refractivity contribution in [2.45, 2.75) is 24.5 Å². The second-order valence-corrected chi connectivity index (χ2v) is 5.86. The van der Waals surface area contributed by atoms with Crippen molar-refractivity contribution >= 4 is 16.5 Å². The van der Waals surface area contributed by atoms with Crippen LogP contribution < -0.4 is 5.73 Å². The molecule has 0 saturated heterocycles. The van der Waals surface area contributed by atoms with Crippen LogP contribution in [0, 0.1) is 13.8 Å². The van der Waals surface area contributed by atoms with Gasteiger partial charge in [0.15, 0.2) is 0 Å². The average Bonchev–Trinajstić information content (AvgIpc) is 2.32. The van der Waals surface area contributed by atoms with E-state index in [1.807, 2.05) is 50.2 Å². The zero-order valence-corrected chi connectivity index (χ0v) is 11.5. The largest absolute Gasteiger partial charge is 0.399 e. The molecule has 0 aliphatic carbocycles. The average molecular weight is 259 g/mol. The first kappa shape index (κ1) is 12.8. The normalized spacial score (nSPS) is 12.3. The highest BCUT2D eigenvalue weighted by Gasteiger charge is 2.09. The number of nitrogens with two attached hydrogens (primary N) is 1. The van der Waals surface area contributed by atoms with E-state index in [2.05, 4.69) is 0 Å². The first-order valence-electron chi connectivity index (χ1n) is 5.87. The van der Waals surface area contributed by atoms with E-state index in [-0.39, 0.29) is 0 Å². The number of rotatable bonds is 3. The van der Waals surface area contributed by atoms with Gasteiger partial charge in [0.2, 0.25) is 0 Å². The third-order valence-corrected chi connectivity index (χ3v) is 4.51. The van der Waals surface area contributed by atoms with E-state index in [0.717, 1.165) is 16.0 Å². The Labute approximate surface area is 110 Å². The minimum atomic E-state index is -1.02. The van der Waals surface area contributed by atoms with Gasteiger partial charge in [0.25, 0.3) is 0 Å². The van der Waals surface area contributed by atoms with Crippen molar-refractivity contribution in [3.63, 3.8) is 0 Å². The van der Waals surface area contributed by atoms with Crippen LogP contribution >= 0.6 is 0 Å². The standard InChI is InChI=1S/C15H17NOS/c1-11-5-3-4-6-13(11)10-18(17)15-8-7-14(16)9-12(15)2/h3-9H,10,16H2,1-2H3. The molecule has 0 bridgehead atoms. The van der Waals surface area contributed by atoms with Crippen molar-refractivity contribution in [3.8, 4) is 0 Å².